The maximum atomic E-state index is 12.0. The van der Waals surface area contributed by atoms with E-state index in [2.05, 4.69) is 27.3 Å². The minimum Gasteiger partial charge on any atom is -0.392 e. The van der Waals surface area contributed by atoms with Crippen molar-refractivity contribution in [2.45, 2.75) is 44.6 Å². The highest BCUT2D eigenvalue weighted by atomic mass is 16.3. The van der Waals surface area contributed by atoms with Gasteiger partial charge in [-0.3, -0.25) is 9.78 Å². The molecule has 1 aliphatic heterocycles. The summed E-state index contributed by atoms with van der Waals surface area (Å²) in [6.45, 7) is 2.88. The Hall–Kier alpha value is -1.62. The molecule has 1 saturated heterocycles. The second-order valence-corrected chi connectivity index (χ2v) is 6.82. The van der Waals surface area contributed by atoms with E-state index in [9.17, 15) is 9.90 Å². The number of aliphatic hydroxyl groups is 1. The minimum absolute atomic E-state index is 0.0456. The van der Waals surface area contributed by atoms with Gasteiger partial charge >= 0.3 is 0 Å². The Morgan fingerprint density at radius 1 is 1.22 bits per heavy atom. The number of hydrogen-bond donors (Lipinski definition) is 2. The number of piperidine rings is 1. The SMILES string of the molecule is O=C(NCCC1CCN(c2ccncc2)CC1)C1CCCC1O. The molecule has 2 atom stereocenters. The molecule has 2 heterocycles. The molecule has 1 saturated carbocycles. The number of aliphatic hydroxyl groups excluding tert-OH is 1. The Balaban J connectivity index is 1.35. The number of nitrogens with one attached hydrogen (secondary N) is 1. The topological polar surface area (TPSA) is 65.5 Å². The van der Waals surface area contributed by atoms with Crippen molar-refractivity contribution in [2.24, 2.45) is 11.8 Å². The number of nitrogens with zero attached hydrogens (tertiary/aromatic N) is 2. The third-order valence-electron chi connectivity index (χ3n) is 5.31. The lowest BCUT2D eigenvalue weighted by atomic mass is 9.93. The van der Waals surface area contributed by atoms with Gasteiger partial charge in [0.25, 0.3) is 0 Å². The maximum absolute atomic E-state index is 12.0. The van der Waals surface area contributed by atoms with E-state index in [0.717, 1.165) is 45.3 Å². The van der Waals surface area contributed by atoms with Gasteiger partial charge in [0.2, 0.25) is 5.91 Å². The molecule has 1 aromatic rings. The maximum Gasteiger partial charge on any atom is 0.225 e. The molecule has 2 unspecified atom stereocenters. The highest BCUT2D eigenvalue weighted by molar-refractivity contribution is 5.79. The number of hydrogen-bond acceptors (Lipinski definition) is 4. The summed E-state index contributed by atoms with van der Waals surface area (Å²) in [5, 5.41) is 12.8. The summed E-state index contributed by atoms with van der Waals surface area (Å²) in [5.74, 6) is 0.551. The molecule has 0 bridgehead atoms. The van der Waals surface area contributed by atoms with Crippen molar-refractivity contribution in [3.8, 4) is 0 Å². The molecule has 2 aliphatic rings. The first kappa shape index (κ1) is 16.2. The van der Waals surface area contributed by atoms with E-state index in [1.54, 1.807) is 0 Å². The summed E-state index contributed by atoms with van der Waals surface area (Å²) < 4.78 is 0. The standard InChI is InChI=1S/C18H27N3O2/c22-17-3-1-2-16(17)18(23)20-11-4-14-7-12-21(13-8-14)15-5-9-19-10-6-15/h5-6,9-10,14,16-17,22H,1-4,7-8,11-13H2,(H,20,23). The van der Waals surface area contributed by atoms with Crippen LogP contribution in [0.3, 0.4) is 0 Å². The molecule has 2 fully saturated rings. The summed E-state index contributed by atoms with van der Waals surface area (Å²) >= 11 is 0. The summed E-state index contributed by atoms with van der Waals surface area (Å²) in [5.41, 5.74) is 1.25. The van der Waals surface area contributed by atoms with Gasteiger partial charge in [0.15, 0.2) is 0 Å². The number of rotatable bonds is 5. The fourth-order valence-corrected chi connectivity index (χ4v) is 3.81. The van der Waals surface area contributed by atoms with Crippen LogP contribution in [0.2, 0.25) is 0 Å². The van der Waals surface area contributed by atoms with Gasteiger partial charge in [-0.25, -0.2) is 0 Å². The minimum atomic E-state index is -0.432. The van der Waals surface area contributed by atoms with Gasteiger partial charge in [-0.15, -0.1) is 0 Å². The number of carbonyl (C=O) groups excluding carboxylic acids is 1. The summed E-state index contributed by atoms with van der Waals surface area (Å²) in [7, 11) is 0. The first-order chi connectivity index (χ1) is 11.2. The van der Waals surface area contributed by atoms with Crippen LogP contribution >= 0.6 is 0 Å². The first-order valence-electron chi connectivity index (χ1n) is 8.85. The number of aromatic nitrogens is 1. The quantitative estimate of drug-likeness (QED) is 0.871. The number of pyridine rings is 1. The van der Waals surface area contributed by atoms with Crippen molar-refractivity contribution >= 4 is 11.6 Å². The highest BCUT2D eigenvalue weighted by Crippen LogP contribution is 2.26. The van der Waals surface area contributed by atoms with E-state index in [1.807, 2.05) is 12.4 Å². The molecule has 1 aromatic heterocycles. The molecule has 0 aromatic carbocycles. The molecule has 3 rings (SSSR count). The van der Waals surface area contributed by atoms with Crippen molar-refractivity contribution < 1.29 is 9.90 Å². The normalized spacial score (nSPS) is 25.5. The van der Waals surface area contributed by atoms with Crippen LogP contribution in [0.1, 0.15) is 38.5 Å². The van der Waals surface area contributed by atoms with Gasteiger partial charge in [0.1, 0.15) is 0 Å². The zero-order chi connectivity index (χ0) is 16.1. The van der Waals surface area contributed by atoms with Crippen LogP contribution in [0.15, 0.2) is 24.5 Å². The lowest BCUT2D eigenvalue weighted by molar-refractivity contribution is -0.127. The largest absolute Gasteiger partial charge is 0.392 e. The lowest BCUT2D eigenvalue weighted by Crippen LogP contribution is -2.37. The van der Waals surface area contributed by atoms with Crippen molar-refractivity contribution in [1.29, 1.82) is 0 Å². The zero-order valence-corrected chi connectivity index (χ0v) is 13.7. The van der Waals surface area contributed by atoms with Crippen LogP contribution < -0.4 is 10.2 Å². The summed E-state index contributed by atoms with van der Waals surface area (Å²) in [6, 6.07) is 4.13. The van der Waals surface area contributed by atoms with Crippen LogP contribution in [0.4, 0.5) is 5.69 Å². The first-order valence-corrected chi connectivity index (χ1v) is 8.85. The van der Waals surface area contributed by atoms with E-state index < -0.39 is 6.10 Å². The third-order valence-corrected chi connectivity index (χ3v) is 5.31. The van der Waals surface area contributed by atoms with Crippen molar-refractivity contribution in [3.63, 3.8) is 0 Å². The Kier molecular flexibility index (Phi) is 5.49. The predicted molar refractivity (Wildman–Crippen MR) is 90.1 cm³/mol. The summed E-state index contributed by atoms with van der Waals surface area (Å²) in [4.78, 5) is 18.5. The molecule has 5 nitrogen and oxygen atoms in total. The second-order valence-electron chi connectivity index (χ2n) is 6.82. The molecule has 1 amide bonds. The van der Waals surface area contributed by atoms with E-state index in [0.29, 0.717) is 5.92 Å². The lowest BCUT2D eigenvalue weighted by Gasteiger charge is -2.33. The van der Waals surface area contributed by atoms with Gasteiger partial charge < -0.3 is 15.3 Å². The smallest absolute Gasteiger partial charge is 0.225 e. The summed E-state index contributed by atoms with van der Waals surface area (Å²) in [6.07, 6.45) is 9.20. The molecule has 0 spiro atoms. The van der Waals surface area contributed by atoms with Crippen molar-refractivity contribution in [2.75, 3.05) is 24.5 Å². The van der Waals surface area contributed by atoms with Crippen LogP contribution in [0, 0.1) is 11.8 Å². The molecule has 0 radical (unpaired) electrons. The Labute approximate surface area is 138 Å². The molecule has 1 aliphatic carbocycles. The van der Waals surface area contributed by atoms with Crippen LogP contribution in [0.25, 0.3) is 0 Å². The average Bonchev–Trinajstić information content (AvgIpc) is 3.02. The van der Waals surface area contributed by atoms with Crippen LogP contribution in [-0.4, -0.2) is 41.7 Å². The fourth-order valence-electron chi connectivity index (χ4n) is 3.81. The second kappa shape index (κ2) is 7.77. The fraction of sp³-hybridized carbons (Fsp3) is 0.667. The van der Waals surface area contributed by atoms with Crippen molar-refractivity contribution in [1.82, 2.24) is 10.3 Å². The zero-order valence-electron chi connectivity index (χ0n) is 13.7. The van der Waals surface area contributed by atoms with Gasteiger partial charge in [-0.1, -0.05) is 0 Å². The van der Waals surface area contributed by atoms with Gasteiger partial charge in [0, 0.05) is 37.7 Å². The molecular formula is C18H27N3O2. The molecule has 5 heteroatoms. The molecule has 2 N–H and O–H groups in total. The van der Waals surface area contributed by atoms with E-state index in [-0.39, 0.29) is 11.8 Å². The third kappa shape index (κ3) is 4.22. The molecular weight excluding hydrogens is 290 g/mol. The Morgan fingerprint density at radius 2 is 1.96 bits per heavy atom. The van der Waals surface area contributed by atoms with E-state index in [4.69, 9.17) is 0 Å². The van der Waals surface area contributed by atoms with Crippen LogP contribution in [0.5, 0.6) is 0 Å². The number of anilines is 1. The Bertz CT molecular complexity index is 500. The monoisotopic (exact) mass is 317 g/mol. The molecule has 23 heavy (non-hydrogen) atoms. The average molecular weight is 317 g/mol. The highest BCUT2D eigenvalue weighted by Gasteiger charge is 2.31. The number of carbonyl (C=O) groups is 1. The van der Waals surface area contributed by atoms with Gasteiger partial charge in [-0.05, 0) is 56.6 Å². The van der Waals surface area contributed by atoms with E-state index in [1.165, 1.54) is 18.5 Å². The predicted octanol–water partition coefficient (Wildman–Crippen LogP) is 1.97. The van der Waals surface area contributed by atoms with Gasteiger partial charge in [-0.2, -0.15) is 0 Å². The Morgan fingerprint density at radius 3 is 2.61 bits per heavy atom. The van der Waals surface area contributed by atoms with Crippen molar-refractivity contribution in [3.05, 3.63) is 24.5 Å². The van der Waals surface area contributed by atoms with E-state index >= 15 is 0 Å². The molecule has 126 valence electrons. The number of amides is 1. The van der Waals surface area contributed by atoms with Crippen LogP contribution in [-0.2, 0) is 4.79 Å². The van der Waals surface area contributed by atoms with Gasteiger partial charge in [0.05, 0.1) is 12.0 Å².